The quantitative estimate of drug-likeness (QED) is 0.690. The average molecular weight is 349 g/mol. The van der Waals surface area contributed by atoms with E-state index < -0.39 is 0 Å². The van der Waals surface area contributed by atoms with Crippen molar-refractivity contribution in [1.82, 2.24) is 24.8 Å². The molecule has 0 aromatic carbocycles. The normalized spacial score (nSPS) is 18.6. The minimum atomic E-state index is 0.157. The van der Waals surface area contributed by atoms with Gasteiger partial charge in [-0.15, -0.1) is 5.10 Å². The molecule has 1 aromatic heterocycles. The molecule has 2 heterocycles. The third-order valence-electron chi connectivity index (χ3n) is 5.18. The largest absolute Gasteiger partial charge is 0.378 e. The number of carbonyl (C=O) groups is 1. The number of carbonyl (C=O) groups excluding carboxylic acids is 1. The topological polar surface area (TPSA) is 63.5 Å². The van der Waals surface area contributed by atoms with Crippen molar-refractivity contribution in [3.05, 3.63) is 11.4 Å². The number of rotatable bonds is 7. The number of amides is 1. The van der Waals surface area contributed by atoms with Crippen LogP contribution in [-0.2, 0) is 28.9 Å². The highest BCUT2D eigenvalue weighted by molar-refractivity contribution is 5.76. The van der Waals surface area contributed by atoms with Crippen LogP contribution in [0.15, 0.2) is 0 Å². The number of ether oxygens (including phenoxy) is 1. The SMILES string of the molecule is CN(C)CCCOC1CCN(C(=O)Cn2nnc3c2CCCC3)CC1. The van der Waals surface area contributed by atoms with Crippen LogP contribution in [0.4, 0.5) is 0 Å². The van der Waals surface area contributed by atoms with Gasteiger partial charge in [-0.3, -0.25) is 4.79 Å². The van der Waals surface area contributed by atoms with Crippen LogP contribution in [0.5, 0.6) is 0 Å². The van der Waals surface area contributed by atoms with Gasteiger partial charge in [0, 0.05) is 19.7 Å². The second kappa shape index (κ2) is 8.76. The number of likely N-dealkylation sites (tertiary alicyclic amines) is 1. The minimum absolute atomic E-state index is 0.157. The molecule has 0 N–H and O–H groups in total. The van der Waals surface area contributed by atoms with Crippen molar-refractivity contribution < 1.29 is 9.53 Å². The smallest absolute Gasteiger partial charge is 0.244 e. The maximum atomic E-state index is 12.6. The van der Waals surface area contributed by atoms with Gasteiger partial charge >= 0.3 is 0 Å². The van der Waals surface area contributed by atoms with Gasteiger partial charge in [0.15, 0.2) is 0 Å². The molecule has 1 aliphatic heterocycles. The summed E-state index contributed by atoms with van der Waals surface area (Å²) in [6.07, 6.45) is 7.58. The lowest BCUT2D eigenvalue weighted by atomic mass is 10.0. The molecule has 0 spiro atoms. The molecule has 0 radical (unpaired) electrons. The van der Waals surface area contributed by atoms with Crippen molar-refractivity contribution in [3.63, 3.8) is 0 Å². The third kappa shape index (κ3) is 5.01. The van der Waals surface area contributed by atoms with Gasteiger partial charge in [0.1, 0.15) is 6.54 Å². The first-order chi connectivity index (χ1) is 12.1. The maximum Gasteiger partial charge on any atom is 0.244 e. The maximum absolute atomic E-state index is 12.6. The Morgan fingerprint density at radius 1 is 1.24 bits per heavy atom. The van der Waals surface area contributed by atoms with Gasteiger partial charge in [0.05, 0.1) is 17.5 Å². The van der Waals surface area contributed by atoms with E-state index >= 15 is 0 Å². The fraction of sp³-hybridized carbons (Fsp3) is 0.833. The summed E-state index contributed by atoms with van der Waals surface area (Å²) in [7, 11) is 4.16. The number of fused-ring (bicyclic) bond motifs is 1. The molecule has 1 amide bonds. The summed E-state index contributed by atoms with van der Waals surface area (Å²) in [5.41, 5.74) is 2.25. The van der Waals surface area contributed by atoms with Gasteiger partial charge in [-0.1, -0.05) is 5.21 Å². The highest BCUT2D eigenvalue weighted by Gasteiger charge is 2.25. The summed E-state index contributed by atoms with van der Waals surface area (Å²) in [6, 6.07) is 0. The summed E-state index contributed by atoms with van der Waals surface area (Å²) in [5, 5.41) is 8.44. The second-order valence-electron chi connectivity index (χ2n) is 7.46. The Labute approximate surface area is 150 Å². The Hall–Kier alpha value is -1.47. The molecular weight excluding hydrogens is 318 g/mol. The zero-order valence-corrected chi connectivity index (χ0v) is 15.6. The standard InChI is InChI=1S/C18H31N5O2/c1-21(2)10-5-13-25-15-8-11-22(12-9-15)18(24)14-23-17-7-4-3-6-16(17)19-20-23/h15H,3-14H2,1-2H3. The van der Waals surface area contributed by atoms with Gasteiger partial charge in [-0.25, -0.2) is 4.68 Å². The first-order valence-electron chi connectivity index (χ1n) is 9.59. The number of hydrogen-bond donors (Lipinski definition) is 0. The van der Waals surface area contributed by atoms with Crippen LogP contribution < -0.4 is 0 Å². The Balaban J connectivity index is 1.40. The molecule has 0 unspecified atom stereocenters. The molecular formula is C18H31N5O2. The fourth-order valence-corrected chi connectivity index (χ4v) is 3.68. The summed E-state index contributed by atoms with van der Waals surface area (Å²) in [6.45, 7) is 3.76. The van der Waals surface area contributed by atoms with E-state index in [1.807, 2.05) is 9.58 Å². The van der Waals surface area contributed by atoms with Gasteiger partial charge < -0.3 is 14.5 Å². The monoisotopic (exact) mass is 349 g/mol. The number of piperidine rings is 1. The van der Waals surface area contributed by atoms with Gasteiger partial charge in [-0.05, 0) is 65.6 Å². The zero-order valence-electron chi connectivity index (χ0n) is 15.6. The van der Waals surface area contributed by atoms with E-state index in [9.17, 15) is 4.79 Å². The third-order valence-corrected chi connectivity index (χ3v) is 5.18. The number of aromatic nitrogens is 3. The molecule has 1 aromatic rings. The molecule has 25 heavy (non-hydrogen) atoms. The van der Waals surface area contributed by atoms with Crippen molar-refractivity contribution >= 4 is 5.91 Å². The molecule has 3 rings (SSSR count). The molecule has 2 aliphatic rings. The van der Waals surface area contributed by atoms with E-state index in [0.29, 0.717) is 12.6 Å². The molecule has 140 valence electrons. The van der Waals surface area contributed by atoms with Gasteiger partial charge in [-0.2, -0.15) is 0 Å². The highest BCUT2D eigenvalue weighted by Crippen LogP contribution is 2.19. The molecule has 1 aliphatic carbocycles. The van der Waals surface area contributed by atoms with E-state index in [0.717, 1.165) is 64.0 Å². The van der Waals surface area contributed by atoms with Crippen LogP contribution in [0.3, 0.4) is 0 Å². The lowest BCUT2D eigenvalue weighted by Gasteiger charge is -2.32. The summed E-state index contributed by atoms with van der Waals surface area (Å²) < 4.78 is 7.77. The van der Waals surface area contributed by atoms with Crippen molar-refractivity contribution in [2.75, 3.05) is 40.3 Å². The molecule has 0 saturated carbocycles. The van der Waals surface area contributed by atoms with Crippen molar-refractivity contribution in [3.8, 4) is 0 Å². The van der Waals surface area contributed by atoms with Crippen LogP contribution in [-0.4, -0.2) is 77.1 Å². The number of hydrogen-bond acceptors (Lipinski definition) is 5. The van der Waals surface area contributed by atoms with Crippen LogP contribution in [0.2, 0.25) is 0 Å². The van der Waals surface area contributed by atoms with Gasteiger partial charge in [0.2, 0.25) is 5.91 Å². The first-order valence-corrected chi connectivity index (χ1v) is 9.59. The second-order valence-corrected chi connectivity index (χ2v) is 7.46. The lowest BCUT2D eigenvalue weighted by Crippen LogP contribution is -2.42. The van der Waals surface area contributed by atoms with Crippen LogP contribution in [0.25, 0.3) is 0 Å². The highest BCUT2D eigenvalue weighted by atomic mass is 16.5. The molecule has 7 heteroatoms. The molecule has 0 bridgehead atoms. The Kier molecular flexibility index (Phi) is 6.42. The zero-order chi connectivity index (χ0) is 17.6. The van der Waals surface area contributed by atoms with E-state index in [-0.39, 0.29) is 5.91 Å². The number of aryl methyl sites for hydroxylation is 1. The summed E-state index contributed by atoms with van der Waals surface area (Å²) in [4.78, 5) is 16.7. The van der Waals surface area contributed by atoms with Crippen molar-refractivity contribution in [2.45, 2.75) is 57.6 Å². The van der Waals surface area contributed by atoms with E-state index in [1.165, 1.54) is 18.5 Å². The van der Waals surface area contributed by atoms with Crippen LogP contribution in [0, 0.1) is 0 Å². The van der Waals surface area contributed by atoms with Crippen molar-refractivity contribution in [2.24, 2.45) is 0 Å². The Bertz CT molecular complexity index is 564. The Morgan fingerprint density at radius 3 is 2.76 bits per heavy atom. The Morgan fingerprint density at radius 2 is 2.00 bits per heavy atom. The fourth-order valence-electron chi connectivity index (χ4n) is 3.68. The van der Waals surface area contributed by atoms with Gasteiger partial charge in [0.25, 0.3) is 0 Å². The van der Waals surface area contributed by atoms with E-state index in [1.54, 1.807) is 0 Å². The van der Waals surface area contributed by atoms with E-state index in [4.69, 9.17) is 4.74 Å². The molecule has 7 nitrogen and oxygen atoms in total. The van der Waals surface area contributed by atoms with Crippen LogP contribution >= 0.6 is 0 Å². The predicted molar refractivity (Wildman–Crippen MR) is 95.4 cm³/mol. The molecule has 0 atom stereocenters. The molecule has 1 saturated heterocycles. The average Bonchev–Trinajstić information content (AvgIpc) is 3.02. The number of nitrogens with zero attached hydrogens (tertiary/aromatic N) is 5. The first kappa shape index (κ1) is 18.3. The molecule has 1 fully saturated rings. The van der Waals surface area contributed by atoms with E-state index in [2.05, 4.69) is 29.3 Å². The lowest BCUT2D eigenvalue weighted by molar-refractivity contribution is -0.134. The minimum Gasteiger partial charge on any atom is -0.378 e. The summed E-state index contributed by atoms with van der Waals surface area (Å²) >= 11 is 0. The predicted octanol–water partition coefficient (Wildman–Crippen LogP) is 1.12. The van der Waals surface area contributed by atoms with Crippen molar-refractivity contribution in [1.29, 1.82) is 0 Å². The van der Waals surface area contributed by atoms with Crippen LogP contribution in [0.1, 0.15) is 43.5 Å². The summed E-state index contributed by atoms with van der Waals surface area (Å²) in [5.74, 6) is 0.157.